The smallest absolute Gasteiger partial charge is 0.253 e. The van der Waals surface area contributed by atoms with Crippen LogP contribution in [0.3, 0.4) is 0 Å². The largest absolute Gasteiger partial charge is 0.341 e. The highest BCUT2D eigenvalue weighted by Gasteiger charge is 2.20. The Balaban J connectivity index is 1.90. The minimum atomic E-state index is 0.135. The van der Waals surface area contributed by atoms with Crippen LogP contribution in [-0.4, -0.2) is 49.4 Å². The van der Waals surface area contributed by atoms with Crippen molar-refractivity contribution in [2.45, 2.75) is 12.8 Å². The van der Waals surface area contributed by atoms with Gasteiger partial charge in [0.1, 0.15) is 0 Å². The van der Waals surface area contributed by atoms with Crippen molar-refractivity contribution in [3.63, 3.8) is 0 Å². The Morgan fingerprint density at radius 3 is 2.47 bits per heavy atom. The van der Waals surface area contributed by atoms with Gasteiger partial charge in [0.05, 0.1) is 0 Å². The SMILES string of the molecule is CN1CCC(CN(C)C(=O)c2ccc(I)cc2)CC1. The molecule has 104 valence electrons. The van der Waals surface area contributed by atoms with E-state index in [1.54, 1.807) is 0 Å². The number of hydrogen-bond acceptors (Lipinski definition) is 2. The molecular weight excluding hydrogens is 351 g/mol. The third-order valence-electron chi connectivity index (χ3n) is 3.81. The van der Waals surface area contributed by atoms with Gasteiger partial charge in [0.25, 0.3) is 5.91 Å². The predicted molar refractivity (Wildman–Crippen MR) is 86.3 cm³/mol. The molecule has 1 saturated heterocycles. The lowest BCUT2D eigenvalue weighted by atomic mass is 9.96. The number of carbonyl (C=O) groups excluding carboxylic acids is 1. The van der Waals surface area contributed by atoms with Crippen LogP contribution in [0.2, 0.25) is 0 Å². The first kappa shape index (κ1) is 14.8. The molecule has 0 saturated carbocycles. The summed E-state index contributed by atoms with van der Waals surface area (Å²) >= 11 is 2.25. The summed E-state index contributed by atoms with van der Waals surface area (Å²) in [6.07, 6.45) is 2.39. The number of halogens is 1. The van der Waals surface area contributed by atoms with Crippen LogP contribution in [0, 0.1) is 9.49 Å². The van der Waals surface area contributed by atoms with E-state index in [-0.39, 0.29) is 5.91 Å². The first-order valence-corrected chi connectivity index (χ1v) is 7.83. The Morgan fingerprint density at radius 2 is 1.89 bits per heavy atom. The zero-order valence-electron chi connectivity index (χ0n) is 11.6. The quantitative estimate of drug-likeness (QED) is 0.762. The summed E-state index contributed by atoms with van der Waals surface area (Å²) in [5.74, 6) is 0.782. The van der Waals surface area contributed by atoms with Crippen LogP contribution in [0.15, 0.2) is 24.3 Å². The molecule has 1 amide bonds. The second-order valence-corrected chi connectivity index (χ2v) is 6.68. The summed E-state index contributed by atoms with van der Waals surface area (Å²) in [6, 6.07) is 7.79. The number of amides is 1. The lowest BCUT2D eigenvalue weighted by Crippen LogP contribution is -2.37. The maximum absolute atomic E-state index is 12.3. The molecule has 1 heterocycles. The fraction of sp³-hybridized carbons (Fsp3) is 0.533. The van der Waals surface area contributed by atoms with E-state index >= 15 is 0 Å². The van der Waals surface area contributed by atoms with Crippen molar-refractivity contribution in [1.29, 1.82) is 0 Å². The molecule has 0 radical (unpaired) electrons. The van der Waals surface area contributed by atoms with Crippen molar-refractivity contribution in [1.82, 2.24) is 9.80 Å². The molecular formula is C15H21IN2O. The van der Waals surface area contributed by atoms with E-state index < -0.39 is 0 Å². The molecule has 1 aliphatic rings. The Morgan fingerprint density at radius 1 is 1.32 bits per heavy atom. The number of likely N-dealkylation sites (tertiary alicyclic amines) is 1. The Labute approximate surface area is 129 Å². The first-order valence-electron chi connectivity index (χ1n) is 6.76. The fourth-order valence-electron chi connectivity index (χ4n) is 2.53. The average Bonchev–Trinajstić information content (AvgIpc) is 2.41. The van der Waals surface area contributed by atoms with Crippen molar-refractivity contribution in [2.75, 3.05) is 33.7 Å². The van der Waals surface area contributed by atoms with Crippen LogP contribution >= 0.6 is 22.6 Å². The molecule has 0 atom stereocenters. The molecule has 1 aromatic carbocycles. The molecule has 0 spiro atoms. The highest BCUT2D eigenvalue weighted by molar-refractivity contribution is 14.1. The molecule has 1 aliphatic heterocycles. The standard InChI is InChI=1S/C15H21IN2O/c1-17-9-7-12(8-10-17)11-18(2)15(19)13-3-5-14(16)6-4-13/h3-6,12H,7-11H2,1-2H3. The lowest BCUT2D eigenvalue weighted by Gasteiger charge is -2.31. The molecule has 0 aliphatic carbocycles. The minimum Gasteiger partial charge on any atom is -0.341 e. The maximum Gasteiger partial charge on any atom is 0.253 e. The van der Waals surface area contributed by atoms with Gasteiger partial charge >= 0.3 is 0 Å². The molecule has 0 bridgehead atoms. The van der Waals surface area contributed by atoms with Gasteiger partial charge in [-0.2, -0.15) is 0 Å². The number of benzene rings is 1. The first-order chi connectivity index (χ1) is 9.06. The molecule has 4 heteroatoms. The number of piperidine rings is 1. The van der Waals surface area contributed by atoms with Crippen molar-refractivity contribution in [2.24, 2.45) is 5.92 Å². The van der Waals surface area contributed by atoms with Crippen molar-refractivity contribution in [3.8, 4) is 0 Å². The van der Waals surface area contributed by atoms with Gasteiger partial charge < -0.3 is 9.80 Å². The van der Waals surface area contributed by atoms with Gasteiger partial charge in [0.15, 0.2) is 0 Å². The van der Waals surface area contributed by atoms with Gasteiger partial charge in [-0.15, -0.1) is 0 Å². The van der Waals surface area contributed by atoms with E-state index in [1.807, 2.05) is 36.2 Å². The molecule has 0 aromatic heterocycles. The molecule has 0 unspecified atom stereocenters. The normalized spacial score (nSPS) is 17.4. The third kappa shape index (κ3) is 4.18. The lowest BCUT2D eigenvalue weighted by molar-refractivity contribution is 0.0747. The van der Waals surface area contributed by atoms with Gasteiger partial charge in [-0.05, 0) is 85.8 Å². The van der Waals surface area contributed by atoms with Gasteiger partial charge in [-0.25, -0.2) is 0 Å². The second-order valence-electron chi connectivity index (χ2n) is 5.44. The van der Waals surface area contributed by atoms with Crippen molar-refractivity contribution in [3.05, 3.63) is 33.4 Å². The van der Waals surface area contributed by atoms with Crippen molar-refractivity contribution >= 4 is 28.5 Å². The van der Waals surface area contributed by atoms with Gasteiger partial charge in [-0.1, -0.05) is 0 Å². The number of carbonyl (C=O) groups is 1. The van der Waals surface area contributed by atoms with Crippen LogP contribution in [0.25, 0.3) is 0 Å². The van der Waals surface area contributed by atoms with Crippen LogP contribution in [0.1, 0.15) is 23.2 Å². The van der Waals surface area contributed by atoms with E-state index in [1.165, 1.54) is 12.8 Å². The van der Waals surface area contributed by atoms with E-state index in [0.29, 0.717) is 5.92 Å². The number of hydrogen-bond donors (Lipinski definition) is 0. The number of nitrogens with zero attached hydrogens (tertiary/aromatic N) is 2. The average molecular weight is 372 g/mol. The van der Waals surface area contributed by atoms with Crippen LogP contribution in [0.4, 0.5) is 0 Å². The molecule has 1 aromatic rings. The summed E-state index contributed by atoms with van der Waals surface area (Å²) < 4.78 is 1.16. The Kier molecular flexibility index (Phi) is 5.21. The second kappa shape index (κ2) is 6.70. The van der Waals surface area contributed by atoms with Gasteiger partial charge in [0.2, 0.25) is 0 Å². The van der Waals surface area contributed by atoms with E-state index in [2.05, 4.69) is 34.5 Å². The summed E-state index contributed by atoms with van der Waals surface area (Å²) in [6.45, 7) is 3.17. The summed E-state index contributed by atoms with van der Waals surface area (Å²) in [4.78, 5) is 16.5. The van der Waals surface area contributed by atoms with Gasteiger partial charge in [0, 0.05) is 22.7 Å². The van der Waals surface area contributed by atoms with Gasteiger partial charge in [-0.3, -0.25) is 4.79 Å². The summed E-state index contributed by atoms with van der Waals surface area (Å²) in [5, 5.41) is 0. The highest BCUT2D eigenvalue weighted by Crippen LogP contribution is 2.18. The monoisotopic (exact) mass is 372 g/mol. The van der Waals surface area contributed by atoms with Crippen LogP contribution in [-0.2, 0) is 0 Å². The molecule has 0 N–H and O–H groups in total. The molecule has 3 nitrogen and oxygen atoms in total. The van der Waals surface area contributed by atoms with Crippen LogP contribution in [0.5, 0.6) is 0 Å². The minimum absolute atomic E-state index is 0.135. The summed E-state index contributed by atoms with van der Waals surface area (Å²) in [5.41, 5.74) is 0.788. The zero-order chi connectivity index (χ0) is 13.8. The van der Waals surface area contributed by atoms with E-state index in [4.69, 9.17) is 0 Å². The topological polar surface area (TPSA) is 23.6 Å². The molecule has 2 rings (SSSR count). The van der Waals surface area contributed by atoms with E-state index in [9.17, 15) is 4.79 Å². The third-order valence-corrected chi connectivity index (χ3v) is 4.53. The zero-order valence-corrected chi connectivity index (χ0v) is 13.8. The molecule has 19 heavy (non-hydrogen) atoms. The number of rotatable bonds is 3. The van der Waals surface area contributed by atoms with Crippen molar-refractivity contribution < 1.29 is 4.79 Å². The molecule has 1 fully saturated rings. The Hall–Kier alpha value is -0.620. The van der Waals surface area contributed by atoms with Crippen LogP contribution < -0.4 is 0 Å². The fourth-order valence-corrected chi connectivity index (χ4v) is 2.89. The Bertz CT molecular complexity index is 424. The van der Waals surface area contributed by atoms with E-state index in [0.717, 1.165) is 28.8 Å². The summed E-state index contributed by atoms with van der Waals surface area (Å²) in [7, 11) is 4.08. The predicted octanol–water partition coefficient (Wildman–Crippen LogP) is 2.71. The highest BCUT2D eigenvalue weighted by atomic mass is 127. The maximum atomic E-state index is 12.3.